The van der Waals surface area contributed by atoms with Crippen LogP contribution in [0.3, 0.4) is 0 Å². The van der Waals surface area contributed by atoms with E-state index in [9.17, 15) is 9.36 Å². The summed E-state index contributed by atoms with van der Waals surface area (Å²) in [5.41, 5.74) is 0.905. The van der Waals surface area contributed by atoms with E-state index in [0.29, 0.717) is 16.5 Å². The van der Waals surface area contributed by atoms with E-state index in [2.05, 4.69) is 0 Å². The molecule has 2 aromatic heterocycles. The molecule has 0 radical (unpaired) electrons. The summed E-state index contributed by atoms with van der Waals surface area (Å²) in [6, 6.07) is 6.88. The van der Waals surface area contributed by atoms with Crippen LogP contribution in [-0.2, 0) is 18.3 Å². The van der Waals surface area contributed by atoms with Crippen LogP contribution in [0.5, 0.6) is 0 Å². The van der Waals surface area contributed by atoms with Crippen LogP contribution in [0, 0.1) is 0 Å². The zero-order chi connectivity index (χ0) is 16.2. The van der Waals surface area contributed by atoms with Crippen molar-refractivity contribution < 1.29 is 23.1 Å². The highest BCUT2D eigenvalue weighted by Crippen LogP contribution is 2.48. The summed E-state index contributed by atoms with van der Waals surface area (Å²) in [6.45, 7) is 5.99. The molecule has 0 amide bonds. The SMILES string of the molecule is CCOC(=O)c1cc(P(=O)(OCC)OCC)c2ccccn12. The van der Waals surface area contributed by atoms with Gasteiger partial charge in [0.05, 0.1) is 30.6 Å². The van der Waals surface area contributed by atoms with Gasteiger partial charge in [0.1, 0.15) is 5.69 Å². The van der Waals surface area contributed by atoms with E-state index in [4.69, 9.17) is 13.8 Å². The molecule has 120 valence electrons. The highest BCUT2D eigenvalue weighted by molar-refractivity contribution is 7.62. The first-order valence-corrected chi connectivity index (χ1v) is 8.78. The van der Waals surface area contributed by atoms with E-state index in [1.807, 2.05) is 0 Å². The van der Waals surface area contributed by atoms with Gasteiger partial charge in [-0.05, 0) is 39.0 Å². The largest absolute Gasteiger partial charge is 0.461 e. The third kappa shape index (κ3) is 3.09. The molecule has 0 spiro atoms. The van der Waals surface area contributed by atoms with Crippen molar-refractivity contribution in [2.45, 2.75) is 20.8 Å². The average Bonchev–Trinajstić information content (AvgIpc) is 2.88. The summed E-state index contributed by atoms with van der Waals surface area (Å²) in [7, 11) is -3.48. The number of ether oxygens (including phenoxy) is 1. The number of esters is 1. The average molecular weight is 325 g/mol. The van der Waals surface area contributed by atoms with E-state index in [1.54, 1.807) is 49.6 Å². The maximum atomic E-state index is 13.0. The Morgan fingerprint density at radius 3 is 2.41 bits per heavy atom. The quantitative estimate of drug-likeness (QED) is 0.578. The first-order valence-electron chi connectivity index (χ1n) is 7.24. The second-order valence-electron chi connectivity index (χ2n) is 4.42. The van der Waals surface area contributed by atoms with Crippen molar-refractivity contribution >= 4 is 24.4 Å². The normalized spacial score (nSPS) is 11.8. The number of aromatic nitrogens is 1. The predicted molar refractivity (Wildman–Crippen MR) is 83.8 cm³/mol. The first kappa shape index (κ1) is 16.7. The zero-order valence-corrected chi connectivity index (χ0v) is 13.8. The lowest BCUT2D eigenvalue weighted by atomic mass is 10.4. The van der Waals surface area contributed by atoms with Gasteiger partial charge in [-0.15, -0.1) is 0 Å². The van der Waals surface area contributed by atoms with Crippen molar-refractivity contribution in [2.24, 2.45) is 0 Å². The number of hydrogen-bond acceptors (Lipinski definition) is 5. The third-order valence-corrected chi connectivity index (χ3v) is 5.18. The highest BCUT2D eigenvalue weighted by atomic mass is 31.2. The van der Waals surface area contributed by atoms with Gasteiger partial charge in [-0.25, -0.2) is 4.79 Å². The Hall–Kier alpha value is -1.62. The van der Waals surface area contributed by atoms with Crippen LogP contribution < -0.4 is 5.30 Å². The lowest BCUT2D eigenvalue weighted by molar-refractivity contribution is 0.0518. The van der Waals surface area contributed by atoms with Crippen LogP contribution in [0.25, 0.3) is 5.52 Å². The molecule has 0 unspecified atom stereocenters. The van der Waals surface area contributed by atoms with Gasteiger partial charge in [-0.1, -0.05) is 6.07 Å². The molecule has 0 aliphatic rings. The lowest BCUT2D eigenvalue weighted by Gasteiger charge is -2.16. The van der Waals surface area contributed by atoms with Gasteiger partial charge in [0.25, 0.3) is 0 Å². The minimum atomic E-state index is -3.48. The summed E-state index contributed by atoms with van der Waals surface area (Å²) in [6.07, 6.45) is 1.72. The monoisotopic (exact) mass is 325 g/mol. The molecule has 0 saturated carbocycles. The number of carbonyl (C=O) groups excluding carboxylic acids is 1. The minimum absolute atomic E-state index is 0.246. The van der Waals surface area contributed by atoms with Gasteiger partial charge in [-0.3, -0.25) is 4.57 Å². The summed E-state index contributed by atoms with van der Waals surface area (Å²) in [5.74, 6) is -0.477. The molecule has 0 aromatic carbocycles. The Morgan fingerprint density at radius 2 is 1.82 bits per heavy atom. The van der Waals surface area contributed by atoms with Gasteiger partial charge >= 0.3 is 13.6 Å². The second-order valence-corrected chi connectivity index (χ2v) is 6.42. The molecule has 0 fully saturated rings. The maximum Gasteiger partial charge on any atom is 0.363 e. The molecular weight excluding hydrogens is 305 g/mol. The van der Waals surface area contributed by atoms with Gasteiger partial charge in [0, 0.05) is 6.20 Å². The molecule has 2 rings (SSSR count). The van der Waals surface area contributed by atoms with Gasteiger partial charge in [-0.2, -0.15) is 0 Å². The van der Waals surface area contributed by atoms with Crippen molar-refractivity contribution in [3.8, 4) is 0 Å². The number of hydrogen-bond donors (Lipinski definition) is 0. The minimum Gasteiger partial charge on any atom is -0.461 e. The number of fused-ring (bicyclic) bond motifs is 1. The predicted octanol–water partition coefficient (Wildman–Crippen LogP) is 3.01. The molecular formula is C15H20NO5P. The number of carbonyl (C=O) groups is 1. The van der Waals surface area contributed by atoms with E-state index in [0.717, 1.165) is 0 Å². The molecule has 7 heteroatoms. The fraction of sp³-hybridized carbons (Fsp3) is 0.400. The number of nitrogens with zero attached hydrogens (tertiary/aromatic N) is 1. The molecule has 22 heavy (non-hydrogen) atoms. The highest BCUT2D eigenvalue weighted by Gasteiger charge is 2.32. The molecule has 0 atom stereocenters. The van der Waals surface area contributed by atoms with Crippen LogP contribution in [0.15, 0.2) is 30.5 Å². The Kier molecular flexibility index (Phi) is 5.40. The fourth-order valence-electron chi connectivity index (χ4n) is 2.23. The van der Waals surface area contributed by atoms with E-state index < -0.39 is 13.6 Å². The van der Waals surface area contributed by atoms with E-state index in [1.165, 1.54) is 6.07 Å². The molecule has 0 aliphatic heterocycles. The fourth-order valence-corrected chi connectivity index (χ4v) is 4.01. The van der Waals surface area contributed by atoms with Crippen molar-refractivity contribution in [2.75, 3.05) is 19.8 Å². The van der Waals surface area contributed by atoms with Gasteiger partial charge in [0.2, 0.25) is 0 Å². The van der Waals surface area contributed by atoms with E-state index in [-0.39, 0.29) is 19.8 Å². The first-order chi connectivity index (χ1) is 10.6. The lowest BCUT2D eigenvalue weighted by Crippen LogP contribution is -2.10. The molecule has 2 aromatic rings. The van der Waals surface area contributed by atoms with Crippen LogP contribution in [0.2, 0.25) is 0 Å². The van der Waals surface area contributed by atoms with Crippen LogP contribution in [-0.4, -0.2) is 30.2 Å². The summed E-state index contributed by atoms with van der Waals surface area (Å²) >= 11 is 0. The topological polar surface area (TPSA) is 66.2 Å². The van der Waals surface area contributed by atoms with E-state index >= 15 is 0 Å². The van der Waals surface area contributed by atoms with Gasteiger partial charge < -0.3 is 18.2 Å². The Bertz CT molecular complexity index is 699. The Labute approximate surface area is 129 Å². The van der Waals surface area contributed by atoms with Crippen LogP contribution >= 0.6 is 7.60 Å². The van der Waals surface area contributed by atoms with Crippen molar-refractivity contribution in [1.29, 1.82) is 0 Å². The van der Waals surface area contributed by atoms with Crippen molar-refractivity contribution in [3.63, 3.8) is 0 Å². The second kappa shape index (κ2) is 7.09. The molecule has 0 saturated heterocycles. The number of rotatable bonds is 7. The van der Waals surface area contributed by atoms with Crippen molar-refractivity contribution in [3.05, 3.63) is 36.2 Å². The molecule has 2 heterocycles. The summed E-state index contributed by atoms with van der Waals surface area (Å²) in [4.78, 5) is 12.1. The summed E-state index contributed by atoms with van der Waals surface area (Å²) < 4.78 is 30.5. The smallest absolute Gasteiger partial charge is 0.363 e. The zero-order valence-electron chi connectivity index (χ0n) is 12.9. The molecule has 0 N–H and O–H groups in total. The number of pyridine rings is 1. The molecule has 0 aliphatic carbocycles. The van der Waals surface area contributed by atoms with Crippen molar-refractivity contribution in [1.82, 2.24) is 4.40 Å². The molecule has 0 bridgehead atoms. The standard InChI is InChI=1S/C15H20NO5P/c1-4-19-15(17)13-11-14(12-9-7-8-10-16(12)13)22(18,20-5-2)21-6-3/h7-11H,4-6H2,1-3H3. The third-order valence-electron chi connectivity index (χ3n) is 3.03. The van der Waals surface area contributed by atoms with Crippen LogP contribution in [0.1, 0.15) is 31.3 Å². The Morgan fingerprint density at radius 1 is 1.14 bits per heavy atom. The van der Waals surface area contributed by atoms with Gasteiger partial charge in [0.15, 0.2) is 0 Å². The summed E-state index contributed by atoms with van der Waals surface area (Å²) in [5, 5.41) is 0.375. The van der Waals surface area contributed by atoms with Crippen LogP contribution in [0.4, 0.5) is 0 Å². The Balaban J connectivity index is 2.63. The molecule has 6 nitrogen and oxygen atoms in total. The maximum absolute atomic E-state index is 13.0.